The van der Waals surface area contributed by atoms with Crippen LogP contribution in [0.5, 0.6) is 0 Å². The maximum Gasteiger partial charge on any atom is 0.0593 e. The van der Waals surface area contributed by atoms with E-state index >= 15 is 0 Å². The number of hydrogen-bond donors (Lipinski definition) is 1. The van der Waals surface area contributed by atoms with Crippen LogP contribution in [0.1, 0.15) is 60.8 Å². The van der Waals surface area contributed by atoms with E-state index in [9.17, 15) is 0 Å². The van der Waals surface area contributed by atoms with Gasteiger partial charge >= 0.3 is 0 Å². The average molecular weight is 284 g/mol. The number of nitrogens with zero attached hydrogens (tertiary/aromatic N) is 1. The Morgan fingerprint density at radius 2 is 1.85 bits per heavy atom. The third-order valence-electron chi connectivity index (χ3n) is 5.09. The maximum absolute atomic E-state index is 5.82. The topological polar surface area (TPSA) is 24.5 Å². The lowest BCUT2D eigenvalue weighted by Gasteiger charge is -2.52. The SMILES string of the molecule is CCC1(C)CN(CCOCCC(C)C)C(C)(CC)CN1. The van der Waals surface area contributed by atoms with Crippen LogP contribution in [-0.2, 0) is 4.74 Å². The Morgan fingerprint density at radius 1 is 1.15 bits per heavy atom. The molecule has 1 aliphatic rings. The second-order valence-electron chi connectivity index (χ2n) is 7.33. The van der Waals surface area contributed by atoms with Crippen molar-refractivity contribution in [3.63, 3.8) is 0 Å². The van der Waals surface area contributed by atoms with Crippen LogP contribution in [0, 0.1) is 5.92 Å². The highest BCUT2D eigenvalue weighted by Gasteiger charge is 2.40. The van der Waals surface area contributed by atoms with Gasteiger partial charge in [-0.05, 0) is 39.0 Å². The summed E-state index contributed by atoms with van der Waals surface area (Å²) in [6.45, 7) is 18.8. The summed E-state index contributed by atoms with van der Waals surface area (Å²) in [5, 5.41) is 3.75. The summed E-state index contributed by atoms with van der Waals surface area (Å²) in [5.41, 5.74) is 0.530. The van der Waals surface area contributed by atoms with Crippen LogP contribution >= 0.6 is 0 Å². The molecule has 1 fully saturated rings. The van der Waals surface area contributed by atoms with Crippen molar-refractivity contribution >= 4 is 0 Å². The fraction of sp³-hybridized carbons (Fsp3) is 1.00. The van der Waals surface area contributed by atoms with E-state index < -0.39 is 0 Å². The average Bonchev–Trinajstić information content (AvgIpc) is 2.42. The molecule has 0 aromatic carbocycles. The van der Waals surface area contributed by atoms with Crippen LogP contribution in [0.2, 0.25) is 0 Å². The minimum absolute atomic E-state index is 0.257. The fourth-order valence-electron chi connectivity index (χ4n) is 2.71. The summed E-state index contributed by atoms with van der Waals surface area (Å²) >= 11 is 0. The van der Waals surface area contributed by atoms with E-state index in [0.717, 1.165) is 38.8 Å². The minimum Gasteiger partial charge on any atom is -0.380 e. The molecule has 1 saturated heterocycles. The molecular weight excluding hydrogens is 248 g/mol. The number of hydrogen-bond acceptors (Lipinski definition) is 3. The third kappa shape index (κ3) is 5.01. The largest absolute Gasteiger partial charge is 0.380 e. The van der Waals surface area contributed by atoms with Crippen LogP contribution in [0.3, 0.4) is 0 Å². The second-order valence-corrected chi connectivity index (χ2v) is 7.33. The molecule has 1 aliphatic heterocycles. The van der Waals surface area contributed by atoms with Crippen molar-refractivity contribution in [3.8, 4) is 0 Å². The first-order valence-electron chi connectivity index (χ1n) is 8.43. The summed E-state index contributed by atoms with van der Waals surface area (Å²) in [5.74, 6) is 0.735. The van der Waals surface area contributed by atoms with Gasteiger partial charge in [0.2, 0.25) is 0 Å². The summed E-state index contributed by atoms with van der Waals surface area (Å²) in [6.07, 6.45) is 3.53. The van der Waals surface area contributed by atoms with Gasteiger partial charge in [0.15, 0.2) is 0 Å². The Kier molecular flexibility index (Phi) is 6.96. The molecule has 2 atom stereocenters. The highest BCUT2D eigenvalue weighted by Crippen LogP contribution is 2.27. The van der Waals surface area contributed by atoms with E-state index in [0.29, 0.717) is 0 Å². The summed E-state index contributed by atoms with van der Waals surface area (Å²) in [6, 6.07) is 0. The molecule has 0 saturated carbocycles. The van der Waals surface area contributed by atoms with Crippen LogP contribution in [0.4, 0.5) is 0 Å². The molecular formula is C17H36N2O. The molecule has 0 aliphatic carbocycles. The van der Waals surface area contributed by atoms with Crippen LogP contribution in [0.15, 0.2) is 0 Å². The molecule has 0 aromatic rings. The van der Waals surface area contributed by atoms with Gasteiger partial charge in [-0.25, -0.2) is 0 Å². The molecule has 1 rings (SSSR count). The van der Waals surface area contributed by atoms with E-state index in [1.54, 1.807) is 0 Å². The van der Waals surface area contributed by atoms with Crippen molar-refractivity contribution in [1.29, 1.82) is 0 Å². The quantitative estimate of drug-likeness (QED) is 0.692. The highest BCUT2D eigenvalue weighted by atomic mass is 16.5. The lowest BCUT2D eigenvalue weighted by Crippen LogP contribution is -2.68. The van der Waals surface area contributed by atoms with Gasteiger partial charge in [-0.15, -0.1) is 0 Å². The Labute approximate surface area is 126 Å². The van der Waals surface area contributed by atoms with Crippen molar-refractivity contribution < 1.29 is 4.74 Å². The Morgan fingerprint density at radius 3 is 2.40 bits per heavy atom. The van der Waals surface area contributed by atoms with Crippen molar-refractivity contribution in [2.24, 2.45) is 5.92 Å². The molecule has 0 amide bonds. The zero-order valence-electron chi connectivity index (χ0n) is 14.6. The third-order valence-corrected chi connectivity index (χ3v) is 5.09. The van der Waals surface area contributed by atoms with Crippen molar-refractivity contribution in [3.05, 3.63) is 0 Å². The Bertz CT molecular complexity index is 282. The molecule has 1 heterocycles. The highest BCUT2D eigenvalue weighted by molar-refractivity contribution is 5.00. The second kappa shape index (κ2) is 7.77. The van der Waals surface area contributed by atoms with Crippen LogP contribution < -0.4 is 5.32 Å². The fourth-order valence-corrected chi connectivity index (χ4v) is 2.71. The standard InChI is InChI=1S/C17H36N2O/c1-7-16(5)14-19(17(6,8-2)13-18-16)10-12-20-11-9-15(3)4/h15,18H,7-14H2,1-6H3. The zero-order valence-corrected chi connectivity index (χ0v) is 14.6. The normalized spacial score (nSPS) is 31.9. The van der Waals surface area contributed by atoms with Gasteiger partial charge in [0.05, 0.1) is 6.61 Å². The van der Waals surface area contributed by atoms with Crippen LogP contribution in [0.25, 0.3) is 0 Å². The molecule has 20 heavy (non-hydrogen) atoms. The first-order valence-corrected chi connectivity index (χ1v) is 8.43. The van der Waals surface area contributed by atoms with Crippen molar-refractivity contribution in [2.45, 2.75) is 71.9 Å². The lowest BCUT2D eigenvalue weighted by molar-refractivity contribution is -0.00674. The molecule has 1 N–H and O–H groups in total. The van der Waals surface area contributed by atoms with Gasteiger partial charge in [0, 0.05) is 37.3 Å². The van der Waals surface area contributed by atoms with Gasteiger partial charge in [-0.1, -0.05) is 27.7 Å². The van der Waals surface area contributed by atoms with Gasteiger partial charge < -0.3 is 10.1 Å². The smallest absolute Gasteiger partial charge is 0.0593 e. The molecule has 3 heteroatoms. The Hall–Kier alpha value is -0.120. The van der Waals surface area contributed by atoms with Crippen molar-refractivity contribution in [2.75, 3.05) is 32.8 Å². The van der Waals surface area contributed by atoms with E-state index in [1.165, 1.54) is 19.3 Å². The first kappa shape index (κ1) is 17.9. The van der Waals surface area contributed by atoms with E-state index in [4.69, 9.17) is 4.74 Å². The minimum atomic E-state index is 0.257. The first-order chi connectivity index (χ1) is 9.35. The molecule has 2 unspecified atom stereocenters. The van der Waals surface area contributed by atoms with E-state index in [-0.39, 0.29) is 11.1 Å². The summed E-state index contributed by atoms with van der Waals surface area (Å²) < 4.78 is 5.82. The number of piperazine rings is 1. The lowest BCUT2D eigenvalue weighted by atomic mass is 9.86. The molecule has 0 bridgehead atoms. The van der Waals surface area contributed by atoms with E-state index in [1.807, 2.05) is 0 Å². The van der Waals surface area contributed by atoms with Gasteiger partial charge in [-0.2, -0.15) is 0 Å². The number of ether oxygens (including phenoxy) is 1. The van der Waals surface area contributed by atoms with Crippen LogP contribution in [-0.4, -0.2) is 48.8 Å². The summed E-state index contributed by atoms with van der Waals surface area (Å²) in [4.78, 5) is 2.64. The monoisotopic (exact) mass is 284 g/mol. The number of rotatable bonds is 8. The molecule has 3 nitrogen and oxygen atoms in total. The zero-order chi connectivity index (χ0) is 15.2. The van der Waals surface area contributed by atoms with Crippen molar-refractivity contribution in [1.82, 2.24) is 10.2 Å². The Balaban J connectivity index is 2.45. The van der Waals surface area contributed by atoms with Gasteiger partial charge in [-0.3, -0.25) is 4.90 Å². The molecule has 0 spiro atoms. The predicted molar refractivity (Wildman–Crippen MR) is 87.2 cm³/mol. The maximum atomic E-state index is 5.82. The molecule has 0 aromatic heterocycles. The molecule has 120 valence electrons. The summed E-state index contributed by atoms with van der Waals surface area (Å²) in [7, 11) is 0. The number of nitrogens with one attached hydrogen (secondary N) is 1. The van der Waals surface area contributed by atoms with Gasteiger partial charge in [0.1, 0.15) is 0 Å². The predicted octanol–water partition coefficient (Wildman–Crippen LogP) is 3.29. The molecule has 0 radical (unpaired) electrons. The van der Waals surface area contributed by atoms with E-state index in [2.05, 4.69) is 51.8 Å². The van der Waals surface area contributed by atoms with Gasteiger partial charge in [0.25, 0.3) is 0 Å².